The summed E-state index contributed by atoms with van der Waals surface area (Å²) in [7, 11) is -2.86. The van der Waals surface area contributed by atoms with E-state index < -0.39 is 26.5 Å². The van der Waals surface area contributed by atoms with Gasteiger partial charge in [-0.25, -0.2) is 4.79 Å². The lowest BCUT2D eigenvalue weighted by molar-refractivity contribution is -0.137. The minimum atomic E-state index is -2.86. The van der Waals surface area contributed by atoms with Gasteiger partial charge in [-0.1, -0.05) is 142 Å². The number of carbonyl (C=O) groups is 1. The third kappa shape index (κ3) is 8.86. The van der Waals surface area contributed by atoms with E-state index in [0.29, 0.717) is 19.8 Å². The van der Waals surface area contributed by atoms with E-state index in [4.69, 9.17) is 18.6 Å². The van der Waals surface area contributed by atoms with E-state index in [1.807, 2.05) is 72.8 Å². The molecule has 0 aliphatic rings. The average Bonchev–Trinajstić information content (AvgIpc) is 3.04. The smallest absolute Gasteiger partial charge is 0.330 e. The maximum Gasteiger partial charge on any atom is 0.330 e. The maximum atomic E-state index is 12.4. The van der Waals surface area contributed by atoms with Crippen molar-refractivity contribution >= 4 is 24.7 Å². The van der Waals surface area contributed by atoms with Gasteiger partial charge in [0.25, 0.3) is 8.32 Å². The second kappa shape index (κ2) is 16.3. The van der Waals surface area contributed by atoms with Crippen molar-refractivity contribution < 1.29 is 23.4 Å². The van der Waals surface area contributed by atoms with Gasteiger partial charge in [-0.2, -0.15) is 0 Å². The zero-order chi connectivity index (χ0) is 31.3. The molecule has 0 aromatic heterocycles. The zero-order valence-electron chi connectivity index (χ0n) is 26.2. The zero-order valence-corrected chi connectivity index (χ0v) is 27.2. The van der Waals surface area contributed by atoms with Crippen molar-refractivity contribution in [3.05, 3.63) is 145 Å². The monoisotopic (exact) mass is 608 g/mol. The minimum absolute atomic E-state index is 0.207. The number of esters is 1. The molecule has 4 aromatic rings. The highest BCUT2D eigenvalue weighted by Crippen LogP contribution is 2.37. The molecule has 0 heterocycles. The average molecular weight is 609 g/mol. The van der Waals surface area contributed by atoms with E-state index in [1.165, 1.54) is 16.4 Å². The Hall–Kier alpha value is -3.81. The van der Waals surface area contributed by atoms with Gasteiger partial charge in [0.1, 0.15) is 12.2 Å². The molecule has 4 rings (SSSR count). The van der Waals surface area contributed by atoms with Crippen LogP contribution in [0.15, 0.2) is 133 Å². The molecule has 0 aliphatic carbocycles. The Morgan fingerprint density at radius 1 is 0.705 bits per heavy atom. The Bertz CT molecular complexity index is 1380. The van der Waals surface area contributed by atoms with Crippen molar-refractivity contribution in [3.8, 4) is 0 Å². The third-order valence-electron chi connectivity index (χ3n) is 7.55. The molecule has 0 saturated heterocycles. The topological polar surface area (TPSA) is 54.0 Å². The van der Waals surface area contributed by atoms with Crippen LogP contribution >= 0.6 is 0 Å². The summed E-state index contributed by atoms with van der Waals surface area (Å²) in [4.78, 5) is 12.4. The molecule has 0 aliphatic heterocycles. The van der Waals surface area contributed by atoms with Gasteiger partial charge >= 0.3 is 5.97 Å². The third-order valence-corrected chi connectivity index (χ3v) is 12.6. The van der Waals surface area contributed by atoms with E-state index in [1.54, 1.807) is 13.0 Å². The first-order chi connectivity index (χ1) is 21.3. The van der Waals surface area contributed by atoms with Crippen LogP contribution in [0.25, 0.3) is 0 Å². The van der Waals surface area contributed by atoms with Gasteiger partial charge in [0.2, 0.25) is 0 Å². The molecule has 0 N–H and O–H groups in total. The van der Waals surface area contributed by atoms with Gasteiger partial charge in [-0.05, 0) is 39.5 Å². The van der Waals surface area contributed by atoms with Gasteiger partial charge in [-0.3, -0.25) is 0 Å². The fourth-order valence-electron chi connectivity index (χ4n) is 5.40. The van der Waals surface area contributed by atoms with Crippen LogP contribution in [0, 0.1) is 0 Å². The van der Waals surface area contributed by atoms with E-state index in [-0.39, 0.29) is 11.6 Å². The van der Waals surface area contributed by atoms with Crippen LogP contribution in [-0.2, 0) is 36.6 Å². The molecule has 2 atom stereocenters. The molecular weight excluding hydrogens is 564 g/mol. The van der Waals surface area contributed by atoms with E-state index >= 15 is 0 Å². The number of carbonyl (C=O) groups excluding carboxylic acids is 1. The van der Waals surface area contributed by atoms with Crippen molar-refractivity contribution in [2.75, 3.05) is 13.2 Å². The lowest BCUT2D eigenvalue weighted by Crippen LogP contribution is -2.67. The molecule has 0 amide bonds. The lowest BCUT2D eigenvalue weighted by atomic mass is 10.1. The van der Waals surface area contributed by atoms with Crippen LogP contribution in [0.1, 0.15) is 38.8 Å². The molecule has 44 heavy (non-hydrogen) atoms. The molecule has 4 aromatic carbocycles. The number of benzene rings is 4. The molecular formula is C38H44O5Si. The van der Waals surface area contributed by atoms with Crippen molar-refractivity contribution in [3.63, 3.8) is 0 Å². The largest absolute Gasteiger partial charge is 0.463 e. The van der Waals surface area contributed by atoms with Crippen molar-refractivity contribution in [2.24, 2.45) is 0 Å². The van der Waals surface area contributed by atoms with Crippen LogP contribution < -0.4 is 10.4 Å². The summed E-state index contributed by atoms with van der Waals surface area (Å²) in [5.41, 5.74) is 2.07. The fourth-order valence-corrected chi connectivity index (χ4v) is 9.97. The minimum Gasteiger partial charge on any atom is -0.463 e. The highest BCUT2D eigenvalue weighted by molar-refractivity contribution is 6.99. The first kappa shape index (κ1) is 33.1. The van der Waals surface area contributed by atoms with Gasteiger partial charge < -0.3 is 18.6 Å². The Kier molecular flexibility index (Phi) is 12.3. The van der Waals surface area contributed by atoms with Crippen molar-refractivity contribution in [1.82, 2.24) is 0 Å². The van der Waals surface area contributed by atoms with E-state index in [9.17, 15) is 4.79 Å². The summed E-state index contributed by atoms with van der Waals surface area (Å²) in [5, 5.41) is 2.16. The number of hydrogen-bond donors (Lipinski definition) is 0. The van der Waals surface area contributed by atoms with Crippen molar-refractivity contribution in [2.45, 2.75) is 58.2 Å². The molecule has 0 fully saturated rings. The van der Waals surface area contributed by atoms with Crippen LogP contribution in [-0.4, -0.2) is 39.7 Å². The molecule has 6 heteroatoms. The van der Waals surface area contributed by atoms with E-state index in [2.05, 4.69) is 69.3 Å². The Morgan fingerprint density at radius 2 is 1.16 bits per heavy atom. The number of hydrogen-bond acceptors (Lipinski definition) is 5. The SMILES string of the molecule is CCOC(=O)/C=C/[C@H](OCc1ccccc1)[C@@H](CO[Si](c1ccccc1)(c1ccccc1)C(C)(C)C)OCc1ccccc1. The molecule has 0 bridgehead atoms. The first-order valence-corrected chi connectivity index (χ1v) is 17.2. The summed E-state index contributed by atoms with van der Waals surface area (Å²) in [5.74, 6) is -0.421. The summed E-state index contributed by atoms with van der Waals surface area (Å²) in [6.45, 7) is 9.82. The Labute approximate surface area is 263 Å². The number of rotatable bonds is 15. The molecule has 230 valence electrons. The predicted octanol–water partition coefficient (Wildman–Crippen LogP) is 6.85. The molecule has 0 saturated carbocycles. The highest BCUT2D eigenvalue weighted by atomic mass is 28.4. The lowest BCUT2D eigenvalue weighted by Gasteiger charge is -2.44. The van der Waals surface area contributed by atoms with E-state index in [0.717, 1.165) is 11.1 Å². The van der Waals surface area contributed by atoms with Crippen LogP contribution in [0.5, 0.6) is 0 Å². The predicted molar refractivity (Wildman–Crippen MR) is 179 cm³/mol. The number of ether oxygens (including phenoxy) is 3. The fraction of sp³-hybridized carbons (Fsp3) is 0.289. The summed E-state index contributed by atoms with van der Waals surface area (Å²) in [6, 6.07) is 41.1. The standard InChI is InChI=1S/C38H44O5Si/c1-5-40-37(39)27-26-35(41-28-31-18-10-6-11-19-31)36(42-29-32-20-12-7-13-21-32)30-43-44(38(2,3)4,33-22-14-8-15-23-33)34-24-16-9-17-25-34/h6-27,35-36H,5,28-30H2,1-4H3/b27-26+/t35-,36+/m0/s1. The van der Waals surface area contributed by atoms with Crippen molar-refractivity contribution in [1.29, 1.82) is 0 Å². The maximum absolute atomic E-state index is 12.4. The second-order valence-corrected chi connectivity index (χ2v) is 16.0. The normalized spacial score (nSPS) is 13.5. The highest BCUT2D eigenvalue weighted by Gasteiger charge is 2.50. The first-order valence-electron chi connectivity index (χ1n) is 15.2. The molecule has 0 spiro atoms. The summed E-state index contributed by atoms with van der Waals surface area (Å²) in [6.07, 6.45) is 2.07. The van der Waals surface area contributed by atoms with Crippen LogP contribution in [0.2, 0.25) is 5.04 Å². The quantitative estimate of drug-likeness (QED) is 0.0839. The summed E-state index contributed by atoms with van der Waals surface area (Å²) >= 11 is 0. The van der Waals surface area contributed by atoms with Gasteiger partial charge in [0.05, 0.1) is 26.4 Å². The molecule has 5 nitrogen and oxygen atoms in total. The Morgan fingerprint density at radius 3 is 1.61 bits per heavy atom. The van der Waals surface area contributed by atoms with Crippen LogP contribution in [0.3, 0.4) is 0 Å². The van der Waals surface area contributed by atoms with Crippen LogP contribution in [0.4, 0.5) is 0 Å². The van der Waals surface area contributed by atoms with Gasteiger partial charge in [0.15, 0.2) is 0 Å². The Balaban J connectivity index is 1.73. The van der Waals surface area contributed by atoms with Gasteiger partial charge in [-0.15, -0.1) is 0 Å². The molecule has 0 radical (unpaired) electrons. The second-order valence-electron chi connectivity index (χ2n) is 11.7. The van der Waals surface area contributed by atoms with Gasteiger partial charge in [0, 0.05) is 6.08 Å². The summed E-state index contributed by atoms with van der Waals surface area (Å²) < 4.78 is 25.6. The molecule has 0 unspecified atom stereocenters.